The van der Waals surface area contributed by atoms with Crippen molar-refractivity contribution in [3.63, 3.8) is 0 Å². The Bertz CT molecular complexity index is 492. The van der Waals surface area contributed by atoms with Crippen LogP contribution in [0.5, 0.6) is 0 Å². The number of aryl methyl sites for hydroxylation is 1. The van der Waals surface area contributed by atoms with E-state index < -0.39 is 0 Å². The smallest absolute Gasteiger partial charge is 0.333 e. The Kier molecular flexibility index (Phi) is 5.17. The number of aromatic nitrogens is 2. The topological polar surface area (TPSA) is 76.2 Å². The molecule has 1 aliphatic heterocycles. The highest BCUT2D eigenvalue weighted by Gasteiger charge is 2.26. The third-order valence-electron chi connectivity index (χ3n) is 3.87. The molecule has 118 valence electrons. The quantitative estimate of drug-likeness (QED) is 0.475. The summed E-state index contributed by atoms with van der Waals surface area (Å²) in [5.41, 5.74) is 0.570. The molecule has 2 rings (SSSR count). The molecule has 1 aliphatic rings. The van der Waals surface area contributed by atoms with Gasteiger partial charge in [-0.1, -0.05) is 0 Å². The molecule has 21 heavy (non-hydrogen) atoms. The number of hydrogen-bond donors (Lipinski definition) is 1. The molecule has 2 heterocycles. The van der Waals surface area contributed by atoms with E-state index >= 15 is 0 Å². The molecule has 0 bridgehead atoms. The van der Waals surface area contributed by atoms with Gasteiger partial charge < -0.3 is 10.2 Å². The molecule has 0 saturated carbocycles. The van der Waals surface area contributed by atoms with Crippen molar-refractivity contribution in [1.29, 1.82) is 0 Å². The van der Waals surface area contributed by atoms with E-state index in [9.17, 15) is 10.1 Å². The second kappa shape index (κ2) is 6.89. The zero-order chi connectivity index (χ0) is 15.4. The molecular weight excluding hydrogens is 270 g/mol. The lowest BCUT2D eigenvalue weighted by Gasteiger charge is -2.15. The van der Waals surface area contributed by atoms with E-state index in [1.165, 1.54) is 25.9 Å². The van der Waals surface area contributed by atoms with Crippen molar-refractivity contribution in [2.45, 2.75) is 46.1 Å². The third-order valence-corrected chi connectivity index (χ3v) is 3.87. The van der Waals surface area contributed by atoms with Crippen molar-refractivity contribution in [2.75, 3.05) is 31.5 Å². The molecule has 0 radical (unpaired) electrons. The average Bonchev–Trinajstić information content (AvgIpc) is 3.02. The summed E-state index contributed by atoms with van der Waals surface area (Å²) in [6.07, 6.45) is 3.57. The SMILES string of the molecule is Cc1nn(C(C)C)c(NCCCN2CCCC2)c1[N+](=O)[O-]. The van der Waals surface area contributed by atoms with Crippen LogP contribution in [0.25, 0.3) is 0 Å². The predicted molar refractivity (Wildman–Crippen MR) is 82.8 cm³/mol. The largest absolute Gasteiger partial charge is 0.364 e. The molecule has 1 aromatic heterocycles. The molecule has 1 N–H and O–H groups in total. The minimum atomic E-state index is -0.343. The van der Waals surface area contributed by atoms with Gasteiger partial charge in [-0.15, -0.1) is 0 Å². The fourth-order valence-corrected chi connectivity index (χ4v) is 2.81. The molecule has 0 aliphatic carbocycles. The van der Waals surface area contributed by atoms with Gasteiger partial charge in [0.1, 0.15) is 5.69 Å². The average molecular weight is 295 g/mol. The van der Waals surface area contributed by atoms with Crippen LogP contribution < -0.4 is 5.32 Å². The Morgan fingerprint density at radius 2 is 2.05 bits per heavy atom. The molecule has 0 unspecified atom stereocenters. The second-order valence-corrected chi connectivity index (χ2v) is 5.91. The van der Waals surface area contributed by atoms with Gasteiger partial charge in [0.15, 0.2) is 0 Å². The first-order valence-corrected chi connectivity index (χ1v) is 7.70. The van der Waals surface area contributed by atoms with Gasteiger partial charge in [0.05, 0.1) is 4.92 Å². The predicted octanol–water partition coefficient (Wildman–Crippen LogP) is 2.58. The van der Waals surface area contributed by atoms with E-state index in [1.807, 2.05) is 13.8 Å². The first kappa shape index (κ1) is 15.8. The zero-order valence-electron chi connectivity index (χ0n) is 13.1. The summed E-state index contributed by atoms with van der Waals surface area (Å²) in [5.74, 6) is 0.536. The summed E-state index contributed by atoms with van der Waals surface area (Å²) in [5, 5.41) is 18.7. The Morgan fingerprint density at radius 3 is 2.62 bits per heavy atom. The van der Waals surface area contributed by atoms with Gasteiger partial charge in [0, 0.05) is 12.6 Å². The van der Waals surface area contributed by atoms with Gasteiger partial charge in [-0.3, -0.25) is 10.1 Å². The van der Waals surface area contributed by atoms with Crippen molar-refractivity contribution in [3.8, 4) is 0 Å². The summed E-state index contributed by atoms with van der Waals surface area (Å²) in [4.78, 5) is 13.3. The highest BCUT2D eigenvalue weighted by atomic mass is 16.6. The van der Waals surface area contributed by atoms with Gasteiger partial charge in [-0.2, -0.15) is 5.10 Å². The maximum Gasteiger partial charge on any atom is 0.333 e. The van der Waals surface area contributed by atoms with E-state index in [0.717, 1.165) is 19.5 Å². The third kappa shape index (κ3) is 3.72. The van der Waals surface area contributed by atoms with Crippen molar-refractivity contribution < 1.29 is 4.92 Å². The van der Waals surface area contributed by atoms with Gasteiger partial charge in [0.25, 0.3) is 0 Å². The normalized spacial score (nSPS) is 15.8. The van der Waals surface area contributed by atoms with Crippen molar-refractivity contribution in [2.24, 2.45) is 0 Å². The van der Waals surface area contributed by atoms with E-state index in [-0.39, 0.29) is 16.7 Å². The number of anilines is 1. The fourth-order valence-electron chi connectivity index (χ4n) is 2.81. The van der Waals surface area contributed by atoms with Crippen LogP contribution in [0, 0.1) is 17.0 Å². The number of nitro groups is 1. The lowest BCUT2D eigenvalue weighted by molar-refractivity contribution is -0.384. The molecule has 0 aromatic carbocycles. The van der Waals surface area contributed by atoms with Crippen molar-refractivity contribution in [1.82, 2.24) is 14.7 Å². The first-order valence-electron chi connectivity index (χ1n) is 7.70. The molecule has 0 spiro atoms. The molecule has 1 aromatic rings. The molecular formula is C14H25N5O2. The minimum absolute atomic E-state index is 0.0958. The summed E-state index contributed by atoms with van der Waals surface area (Å²) in [7, 11) is 0. The summed E-state index contributed by atoms with van der Waals surface area (Å²) in [6, 6.07) is 0.0958. The highest BCUT2D eigenvalue weighted by molar-refractivity contribution is 5.59. The van der Waals surface area contributed by atoms with Crippen molar-refractivity contribution in [3.05, 3.63) is 15.8 Å². The maximum absolute atomic E-state index is 11.2. The molecule has 7 nitrogen and oxygen atoms in total. The summed E-state index contributed by atoms with van der Waals surface area (Å²) in [6.45, 7) is 9.79. The van der Waals surface area contributed by atoms with Gasteiger partial charge in [0.2, 0.25) is 5.82 Å². The van der Waals surface area contributed by atoms with Crippen LogP contribution in [0.3, 0.4) is 0 Å². The fraction of sp³-hybridized carbons (Fsp3) is 0.786. The van der Waals surface area contributed by atoms with Crippen LogP contribution in [0.4, 0.5) is 11.5 Å². The summed E-state index contributed by atoms with van der Waals surface area (Å²) >= 11 is 0. The monoisotopic (exact) mass is 295 g/mol. The van der Waals surface area contributed by atoms with E-state index in [2.05, 4.69) is 15.3 Å². The Morgan fingerprint density at radius 1 is 1.38 bits per heavy atom. The standard InChI is InChI=1S/C14H25N5O2/c1-11(2)18-14(13(19(20)21)12(3)16-18)15-7-6-10-17-8-4-5-9-17/h11,15H,4-10H2,1-3H3. The van der Waals surface area contributed by atoms with Crippen LogP contribution in [-0.4, -0.2) is 45.8 Å². The summed E-state index contributed by atoms with van der Waals surface area (Å²) < 4.78 is 1.71. The first-order chi connectivity index (χ1) is 10.0. The molecule has 1 fully saturated rings. The minimum Gasteiger partial charge on any atom is -0.364 e. The Balaban J connectivity index is 1.98. The maximum atomic E-state index is 11.2. The van der Waals surface area contributed by atoms with E-state index in [1.54, 1.807) is 11.6 Å². The highest BCUT2D eigenvalue weighted by Crippen LogP contribution is 2.30. The van der Waals surface area contributed by atoms with Gasteiger partial charge in [-0.25, -0.2) is 4.68 Å². The number of nitrogens with zero attached hydrogens (tertiary/aromatic N) is 4. The second-order valence-electron chi connectivity index (χ2n) is 5.91. The Hall–Kier alpha value is -1.63. The molecule has 7 heteroatoms. The molecule has 1 saturated heterocycles. The lowest BCUT2D eigenvalue weighted by Crippen LogP contribution is -2.23. The number of nitrogens with one attached hydrogen (secondary N) is 1. The Labute approximate surface area is 125 Å². The van der Waals surface area contributed by atoms with E-state index in [4.69, 9.17) is 0 Å². The van der Waals surface area contributed by atoms with Gasteiger partial charge in [-0.05, 0) is 59.7 Å². The van der Waals surface area contributed by atoms with Crippen LogP contribution in [-0.2, 0) is 0 Å². The van der Waals surface area contributed by atoms with Gasteiger partial charge >= 0.3 is 5.69 Å². The molecule has 0 amide bonds. The zero-order valence-corrected chi connectivity index (χ0v) is 13.1. The van der Waals surface area contributed by atoms with E-state index in [0.29, 0.717) is 11.5 Å². The van der Waals surface area contributed by atoms with Crippen LogP contribution in [0.15, 0.2) is 0 Å². The number of hydrogen-bond acceptors (Lipinski definition) is 5. The van der Waals surface area contributed by atoms with Crippen molar-refractivity contribution >= 4 is 11.5 Å². The lowest BCUT2D eigenvalue weighted by atomic mass is 10.3. The number of rotatable bonds is 7. The van der Waals surface area contributed by atoms with Crippen LogP contribution in [0.2, 0.25) is 0 Å². The number of likely N-dealkylation sites (tertiary alicyclic amines) is 1. The van der Waals surface area contributed by atoms with Crippen LogP contribution >= 0.6 is 0 Å². The molecule has 0 atom stereocenters. The van der Waals surface area contributed by atoms with Crippen LogP contribution in [0.1, 0.15) is 44.8 Å².